The Labute approximate surface area is 150 Å². The van der Waals surface area contributed by atoms with Crippen LogP contribution in [0, 0.1) is 0 Å². The molecule has 7 heteroatoms. The van der Waals surface area contributed by atoms with E-state index in [1.807, 2.05) is 24.1 Å². The highest BCUT2D eigenvalue weighted by Gasteiger charge is 2.12. The van der Waals surface area contributed by atoms with Gasteiger partial charge in [-0.05, 0) is 76.8 Å². The fourth-order valence-corrected chi connectivity index (χ4v) is 4.29. The fourth-order valence-electron chi connectivity index (χ4n) is 1.84. The fraction of sp³-hybridized carbons (Fsp3) is 0.500. The number of hydrogen-bond donors (Lipinski definition) is 2. The molecule has 0 saturated carbocycles. The van der Waals surface area contributed by atoms with Gasteiger partial charge < -0.3 is 10.4 Å². The van der Waals surface area contributed by atoms with Gasteiger partial charge >= 0.3 is 0 Å². The van der Waals surface area contributed by atoms with Gasteiger partial charge in [-0.15, -0.1) is 0 Å². The number of amides is 1. The van der Waals surface area contributed by atoms with Crippen LogP contribution in [0.25, 0.3) is 0 Å². The van der Waals surface area contributed by atoms with Gasteiger partial charge in [0.1, 0.15) is 0 Å². The van der Waals surface area contributed by atoms with Gasteiger partial charge in [0.05, 0.1) is 12.2 Å². The topological polar surface area (TPSA) is 52.6 Å². The van der Waals surface area contributed by atoms with Crippen LogP contribution < -0.4 is 5.32 Å². The van der Waals surface area contributed by atoms with Crippen molar-refractivity contribution in [3.05, 3.63) is 25.6 Å². The normalized spacial score (nSPS) is 11.0. The van der Waals surface area contributed by atoms with Gasteiger partial charge in [-0.25, -0.2) is 0 Å². The summed E-state index contributed by atoms with van der Waals surface area (Å²) < 4.78 is 2.57. The molecule has 2 N–H and O–H groups in total. The van der Waals surface area contributed by atoms with E-state index in [-0.39, 0.29) is 12.5 Å². The van der Waals surface area contributed by atoms with E-state index in [9.17, 15) is 4.79 Å². The molecule has 21 heavy (non-hydrogen) atoms. The average Bonchev–Trinajstić information content (AvgIpc) is 2.39. The van der Waals surface area contributed by atoms with Crippen LogP contribution in [0.4, 0.5) is 5.69 Å². The summed E-state index contributed by atoms with van der Waals surface area (Å²) in [5.41, 5.74) is 0.733. The Morgan fingerprint density at radius 3 is 2.38 bits per heavy atom. The van der Waals surface area contributed by atoms with E-state index in [2.05, 4.69) is 53.1 Å². The first-order valence-electron chi connectivity index (χ1n) is 6.68. The number of carbonyl (C=O) groups excluding carboxylic acids is 1. The number of aliphatic hydroxyl groups is 1. The molecule has 0 unspecified atom stereocenters. The van der Waals surface area contributed by atoms with Gasteiger partial charge in [0.15, 0.2) is 0 Å². The Kier molecular flexibility index (Phi) is 9.04. The quantitative estimate of drug-likeness (QED) is 0.546. The van der Waals surface area contributed by atoms with Gasteiger partial charge in [0.2, 0.25) is 5.91 Å². The molecule has 4 nitrogen and oxygen atoms in total. The highest BCUT2D eigenvalue weighted by molar-refractivity contribution is 9.11. The van der Waals surface area contributed by atoms with Gasteiger partial charge in [0, 0.05) is 20.0 Å². The van der Waals surface area contributed by atoms with Crippen molar-refractivity contribution in [1.29, 1.82) is 0 Å². The van der Waals surface area contributed by atoms with E-state index < -0.39 is 0 Å². The van der Waals surface area contributed by atoms with Crippen molar-refractivity contribution < 1.29 is 9.90 Å². The molecule has 0 bridgehead atoms. The van der Waals surface area contributed by atoms with Gasteiger partial charge in [-0.3, -0.25) is 9.69 Å². The zero-order chi connectivity index (χ0) is 15.8. The van der Waals surface area contributed by atoms with Gasteiger partial charge in [0.25, 0.3) is 0 Å². The first kappa shape index (κ1) is 19.1. The molecule has 0 aliphatic carbocycles. The number of nitrogens with zero attached hydrogens (tertiary/aromatic N) is 1. The zero-order valence-electron chi connectivity index (χ0n) is 11.8. The van der Waals surface area contributed by atoms with E-state index in [0.29, 0.717) is 6.54 Å². The standard InChI is InChI=1S/C14H19Br3N2O2/c1-19(5-3-2-4-6-20)9-13(21)18-14-11(16)7-10(15)8-12(14)17/h7-8,20H,2-6,9H2,1H3,(H,18,21). The summed E-state index contributed by atoms with van der Waals surface area (Å²) in [6, 6.07) is 3.78. The zero-order valence-corrected chi connectivity index (χ0v) is 16.6. The third-order valence-corrected chi connectivity index (χ3v) is 4.59. The molecule has 118 valence electrons. The molecule has 0 aliphatic heterocycles. The van der Waals surface area contributed by atoms with Crippen molar-refractivity contribution in [2.24, 2.45) is 0 Å². The summed E-state index contributed by atoms with van der Waals surface area (Å²) in [6.07, 6.45) is 2.78. The number of anilines is 1. The van der Waals surface area contributed by atoms with Crippen LogP contribution in [0.2, 0.25) is 0 Å². The lowest BCUT2D eigenvalue weighted by Crippen LogP contribution is -2.31. The third-order valence-electron chi connectivity index (χ3n) is 2.88. The summed E-state index contributed by atoms with van der Waals surface area (Å²) in [5.74, 6) is -0.0524. The van der Waals surface area contributed by atoms with Crippen molar-refractivity contribution >= 4 is 59.4 Å². The number of halogens is 3. The van der Waals surface area contributed by atoms with E-state index >= 15 is 0 Å². The molecule has 0 atom stereocenters. The van der Waals surface area contributed by atoms with Crippen LogP contribution in [0.1, 0.15) is 19.3 Å². The number of benzene rings is 1. The predicted octanol–water partition coefficient (Wildman–Crippen LogP) is 4.01. The van der Waals surface area contributed by atoms with Gasteiger partial charge in [-0.2, -0.15) is 0 Å². The van der Waals surface area contributed by atoms with Crippen LogP contribution in [-0.2, 0) is 4.79 Å². The van der Waals surface area contributed by atoms with Crippen LogP contribution in [0.3, 0.4) is 0 Å². The van der Waals surface area contributed by atoms with Crippen molar-refractivity contribution in [3.63, 3.8) is 0 Å². The number of rotatable bonds is 8. The Balaban J connectivity index is 2.47. The average molecular weight is 487 g/mol. The summed E-state index contributed by atoms with van der Waals surface area (Å²) in [7, 11) is 1.92. The number of carbonyl (C=O) groups is 1. The minimum atomic E-state index is -0.0524. The molecule has 1 amide bonds. The summed E-state index contributed by atoms with van der Waals surface area (Å²) >= 11 is 10.3. The molecule has 1 rings (SSSR count). The summed E-state index contributed by atoms with van der Waals surface area (Å²) in [5, 5.41) is 11.6. The molecular formula is C14H19Br3N2O2. The summed E-state index contributed by atoms with van der Waals surface area (Å²) in [4.78, 5) is 14.0. The highest BCUT2D eigenvalue weighted by Crippen LogP contribution is 2.34. The molecule has 0 radical (unpaired) electrons. The first-order chi connectivity index (χ1) is 9.93. The molecule has 0 spiro atoms. The molecular weight excluding hydrogens is 468 g/mol. The largest absolute Gasteiger partial charge is 0.396 e. The highest BCUT2D eigenvalue weighted by atomic mass is 79.9. The molecule has 1 aromatic carbocycles. The molecule has 0 aromatic heterocycles. The van der Waals surface area contributed by atoms with Crippen LogP contribution >= 0.6 is 47.8 Å². The second-order valence-electron chi connectivity index (χ2n) is 4.81. The number of hydrogen-bond acceptors (Lipinski definition) is 3. The molecule has 0 aliphatic rings. The molecule has 0 heterocycles. The van der Waals surface area contributed by atoms with E-state index in [4.69, 9.17) is 5.11 Å². The number of aliphatic hydroxyl groups excluding tert-OH is 1. The van der Waals surface area contributed by atoms with Gasteiger partial charge in [-0.1, -0.05) is 15.9 Å². The maximum absolute atomic E-state index is 12.1. The minimum absolute atomic E-state index is 0.0524. The SMILES string of the molecule is CN(CCCCCO)CC(=O)Nc1c(Br)cc(Br)cc1Br. The maximum atomic E-state index is 12.1. The maximum Gasteiger partial charge on any atom is 0.238 e. The smallest absolute Gasteiger partial charge is 0.238 e. The van der Waals surface area contributed by atoms with E-state index in [0.717, 1.165) is 44.9 Å². The van der Waals surface area contributed by atoms with Crippen LogP contribution in [0.15, 0.2) is 25.6 Å². The molecule has 0 saturated heterocycles. The lowest BCUT2D eigenvalue weighted by molar-refractivity contribution is -0.117. The second-order valence-corrected chi connectivity index (χ2v) is 7.44. The number of nitrogens with one attached hydrogen (secondary N) is 1. The lowest BCUT2D eigenvalue weighted by Gasteiger charge is -2.17. The van der Waals surface area contributed by atoms with Crippen LogP contribution in [-0.4, -0.2) is 42.7 Å². The monoisotopic (exact) mass is 484 g/mol. The lowest BCUT2D eigenvalue weighted by atomic mass is 10.2. The molecule has 1 aromatic rings. The Bertz CT molecular complexity index is 460. The Morgan fingerprint density at radius 1 is 1.19 bits per heavy atom. The Morgan fingerprint density at radius 2 is 1.81 bits per heavy atom. The third kappa shape index (κ3) is 7.23. The Hall–Kier alpha value is 0.0500. The second kappa shape index (κ2) is 9.94. The van der Waals surface area contributed by atoms with E-state index in [1.54, 1.807) is 0 Å². The van der Waals surface area contributed by atoms with Crippen molar-refractivity contribution in [2.75, 3.05) is 32.1 Å². The predicted molar refractivity (Wildman–Crippen MR) is 96.6 cm³/mol. The minimum Gasteiger partial charge on any atom is -0.396 e. The first-order valence-corrected chi connectivity index (χ1v) is 9.05. The number of unbranched alkanes of at least 4 members (excludes halogenated alkanes) is 2. The number of likely N-dealkylation sites (N-methyl/N-ethyl adjacent to an activating group) is 1. The molecule has 0 fully saturated rings. The van der Waals surface area contributed by atoms with Crippen LogP contribution in [0.5, 0.6) is 0 Å². The van der Waals surface area contributed by atoms with Crippen molar-refractivity contribution in [3.8, 4) is 0 Å². The van der Waals surface area contributed by atoms with Crippen molar-refractivity contribution in [1.82, 2.24) is 4.90 Å². The summed E-state index contributed by atoms with van der Waals surface area (Å²) in [6.45, 7) is 1.42. The van der Waals surface area contributed by atoms with E-state index in [1.165, 1.54) is 0 Å². The van der Waals surface area contributed by atoms with Crippen molar-refractivity contribution in [2.45, 2.75) is 19.3 Å².